The number of rotatable bonds is 0. The van der Waals surface area contributed by atoms with Crippen LogP contribution in [0.1, 0.15) is 11.1 Å². The number of benzene rings is 1. The Kier molecular flexibility index (Phi) is 7.29. The Balaban J connectivity index is 0.000000253. The first-order valence-corrected chi connectivity index (χ1v) is 4.67. The van der Waals surface area contributed by atoms with Crippen LogP contribution >= 0.6 is 12.4 Å². The van der Waals surface area contributed by atoms with Crippen molar-refractivity contribution in [1.29, 1.82) is 0 Å². The fraction of sp³-hybridized carbons (Fsp3) is 0.154. The number of hydrogen-bond donors (Lipinski definition) is 0. The van der Waals surface area contributed by atoms with E-state index in [0.29, 0.717) is 0 Å². The molecule has 1 aromatic heterocycles. The minimum atomic E-state index is 0. The molecular weight excluding hydrogens is 206 g/mol. The van der Waals surface area contributed by atoms with Crippen molar-refractivity contribution in [3.8, 4) is 0 Å². The molecule has 80 valence electrons. The predicted octanol–water partition coefficient (Wildman–Crippen LogP) is 3.81. The zero-order valence-electron chi connectivity index (χ0n) is 9.05. The predicted molar refractivity (Wildman–Crippen MR) is 67.4 cm³/mol. The van der Waals surface area contributed by atoms with Gasteiger partial charge in [0.05, 0.1) is 0 Å². The molecule has 0 amide bonds. The molecule has 15 heavy (non-hydrogen) atoms. The van der Waals surface area contributed by atoms with Crippen LogP contribution in [0, 0.1) is 13.8 Å². The van der Waals surface area contributed by atoms with Crippen molar-refractivity contribution in [3.63, 3.8) is 0 Å². The monoisotopic (exact) mass is 221 g/mol. The number of pyridine rings is 1. The molecule has 0 saturated heterocycles. The summed E-state index contributed by atoms with van der Waals surface area (Å²) < 4.78 is 0. The molecule has 0 atom stereocenters. The van der Waals surface area contributed by atoms with Gasteiger partial charge in [0.15, 0.2) is 0 Å². The fourth-order valence-corrected chi connectivity index (χ4v) is 0.949. The summed E-state index contributed by atoms with van der Waals surface area (Å²) in [4.78, 5) is 3.78. The average Bonchev–Trinajstić information content (AvgIpc) is 2.26. The van der Waals surface area contributed by atoms with E-state index in [9.17, 15) is 0 Å². The van der Waals surface area contributed by atoms with Crippen LogP contribution in [0.3, 0.4) is 0 Å². The first kappa shape index (κ1) is 13.7. The molecule has 2 rings (SSSR count). The van der Waals surface area contributed by atoms with Crippen molar-refractivity contribution in [1.82, 2.24) is 4.98 Å². The standard InChI is InChI=1S/C8H10.C5H5N.ClH/c1-7-3-5-8(2)6-4-7;1-2-4-6-5-3-1;/h3-6H,1-2H3;1-5H;1H. The summed E-state index contributed by atoms with van der Waals surface area (Å²) in [5.41, 5.74) is 2.66. The van der Waals surface area contributed by atoms with Gasteiger partial charge in [0, 0.05) is 12.4 Å². The second-order valence-electron chi connectivity index (χ2n) is 3.18. The van der Waals surface area contributed by atoms with E-state index in [1.165, 1.54) is 11.1 Å². The van der Waals surface area contributed by atoms with E-state index in [4.69, 9.17) is 0 Å². The lowest BCUT2D eigenvalue weighted by atomic mass is 10.2. The largest absolute Gasteiger partial charge is 0.265 e. The van der Waals surface area contributed by atoms with E-state index in [2.05, 4.69) is 43.1 Å². The Morgan fingerprint density at radius 3 is 1.33 bits per heavy atom. The third-order valence-corrected chi connectivity index (χ3v) is 1.78. The zero-order chi connectivity index (χ0) is 10.2. The van der Waals surface area contributed by atoms with Crippen LogP contribution < -0.4 is 0 Å². The van der Waals surface area contributed by atoms with Gasteiger partial charge >= 0.3 is 0 Å². The normalized spacial score (nSPS) is 8.13. The highest BCUT2D eigenvalue weighted by molar-refractivity contribution is 5.85. The van der Waals surface area contributed by atoms with Crippen LogP contribution in [0.5, 0.6) is 0 Å². The fourth-order valence-electron chi connectivity index (χ4n) is 0.949. The van der Waals surface area contributed by atoms with Crippen molar-refractivity contribution in [2.24, 2.45) is 0 Å². The Bertz CT molecular complexity index is 295. The Morgan fingerprint density at radius 2 is 1.13 bits per heavy atom. The van der Waals surface area contributed by atoms with E-state index in [1.807, 2.05) is 18.2 Å². The summed E-state index contributed by atoms with van der Waals surface area (Å²) in [6.07, 6.45) is 3.50. The van der Waals surface area contributed by atoms with Gasteiger partial charge in [0.2, 0.25) is 0 Å². The van der Waals surface area contributed by atoms with Gasteiger partial charge in [0.25, 0.3) is 0 Å². The summed E-state index contributed by atoms with van der Waals surface area (Å²) in [5.74, 6) is 0. The number of aryl methyl sites for hydroxylation is 2. The minimum absolute atomic E-state index is 0. The third kappa shape index (κ3) is 6.69. The van der Waals surface area contributed by atoms with Gasteiger partial charge in [-0.25, -0.2) is 0 Å². The summed E-state index contributed by atoms with van der Waals surface area (Å²) in [6, 6.07) is 14.2. The SMILES string of the molecule is Cc1ccc(C)cc1.Cl.c1ccncc1. The highest BCUT2D eigenvalue weighted by atomic mass is 35.5. The number of hydrogen-bond acceptors (Lipinski definition) is 1. The molecule has 0 bridgehead atoms. The summed E-state index contributed by atoms with van der Waals surface area (Å²) >= 11 is 0. The van der Waals surface area contributed by atoms with Crippen LogP contribution in [-0.2, 0) is 0 Å². The van der Waals surface area contributed by atoms with Gasteiger partial charge < -0.3 is 0 Å². The van der Waals surface area contributed by atoms with Crippen molar-refractivity contribution < 1.29 is 0 Å². The third-order valence-electron chi connectivity index (χ3n) is 1.78. The van der Waals surface area contributed by atoms with Crippen LogP contribution in [0.15, 0.2) is 54.9 Å². The van der Waals surface area contributed by atoms with Crippen molar-refractivity contribution >= 4 is 12.4 Å². The summed E-state index contributed by atoms with van der Waals surface area (Å²) in [7, 11) is 0. The lowest BCUT2D eigenvalue weighted by Gasteiger charge is -1.90. The van der Waals surface area contributed by atoms with E-state index >= 15 is 0 Å². The van der Waals surface area contributed by atoms with Gasteiger partial charge in [-0.15, -0.1) is 12.4 Å². The second kappa shape index (κ2) is 8.01. The van der Waals surface area contributed by atoms with Crippen molar-refractivity contribution in [2.45, 2.75) is 13.8 Å². The first-order valence-electron chi connectivity index (χ1n) is 4.67. The molecule has 0 aliphatic carbocycles. The maximum absolute atomic E-state index is 3.78. The molecule has 0 saturated carbocycles. The molecule has 1 nitrogen and oxygen atoms in total. The quantitative estimate of drug-likeness (QED) is 0.659. The topological polar surface area (TPSA) is 12.9 Å². The zero-order valence-corrected chi connectivity index (χ0v) is 9.87. The highest BCUT2D eigenvalue weighted by Crippen LogP contribution is 1.99. The van der Waals surface area contributed by atoms with E-state index in [0.717, 1.165) is 0 Å². The van der Waals surface area contributed by atoms with E-state index in [1.54, 1.807) is 12.4 Å². The van der Waals surface area contributed by atoms with E-state index in [-0.39, 0.29) is 12.4 Å². The van der Waals surface area contributed by atoms with Gasteiger partial charge in [0.1, 0.15) is 0 Å². The molecule has 0 spiro atoms. The molecule has 2 heteroatoms. The number of halogens is 1. The molecule has 0 fully saturated rings. The lowest BCUT2D eigenvalue weighted by molar-refractivity contribution is 1.33. The molecule has 1 aromatic carbocycles. The summed E-state index contributed by atoms with van der Waals surface area (Å²) in [6.45, 7) is 4.19. The van der Waals surface area contributed by atoms with Gasteiger partial charge in [-0.3, -0.25) is 4.98 Å². The maximum atomic E-state index is 3.78. The van der Waals surface area contributed by atoms with E-state index < -0.39 is 0 Å². The van der Waals surface area contributed by atoms with Crippen LogP contribution in [-0.4, -0.2) is 4.98 Å². The average molecular weight is 222 g/mol. The molecule has 1 heterocycles. The van der Waals surface area contributed by atoms with Crippen LogP contribution in [0.4, 0.5) is 0 Å². The Labute approximate surface area is 97.6 Å². The number of nitrogens with zero attached hydrogens (tertiary/aromatic N) is 1. The van der Waals surface area contributed by atoms with Crippen molar-refractivity contribution in [2.75, 3.05) is 0 Å². The van der Waals surface area contributed by atoms with Gasteiger partial charge in [-0.2, -0.15) is 0 Å². The van der Waals surface area contributed by atoms with Crippen LogP contribution in [0.2, 0.25) is 0 Å². The van der Waals surface area contributed by atoms with Gasteiger partial charge in [-0.05, 0) is 26.0 Å². The second-order valence-corrected chi connectivity index (χ2v) is 3.18. The Hall–Kier alpha value is -1.34. The molecule has 0 N–H and O–H groups in total. The smallest absolute Gasteiger partial charge is 0.0267 e. The molecule has 2 aromatic rings. The maximum Gasteiger partial charge on any atom is 0.0267 e. The lowest BCUT2D eigenvalue weighted by Crippen LogP contribution is -1.70. The minimum Gasteiger partial charge on any atom is -0.265 e. The van der Waals surface area contributed by atoms with Gasteiger partial charge in [-0.1, -0.05) is 41.5 Å². The summed E-state index contributed by atoms with van der Waals surface area (Å²) in [5, 5.41) is 0. The molecule has 0 unspecified atom stereocenters. The Morgan fingerprint density at radius 1 is 0.733 bits per heavy atom. The van der Waals surface area contributed by atoms with Crippen molar-refractivity contribution in [3.05, 3.63) is 66.0 Å². The molecule has 0 aliphatic heterocycles. The number of aromatic nitrogens is 1. The molecular formula is C13H16ClN. The van der Waals surface area contributed by atoms with Crippen LogP contribution in [0.25, 0.3) is 0 Å². The molecule has 0 aliphatic rings. The molecule has 0 radical (unpaired) electrons. The first-order chi connectivity index (χ1) is 6.79. The highest BCUT2D eigenvalue weighted by Gasteiger charge is 1.79.